The van der Waals surface area contributed by atoms with Crippen LogP contribution in [-0.4, -0.2) is 16.3 Å². The molecule has 3 heteroatoms. The molecule has 0 unspecified atom stereocenters. The van der Waals surface area contributed by atoms with Crippen molar-refractivity contribution in [3.8, 4) is 0 Å². The smallest absolute Gasteiger partial charge is 0.0825 e. The second kappa shape index (κ2) is 6.41. The Balaban J connectivity index is 1.87. The predicted molar refractivity (Wildman–Crippen MR) is 80.4 cm³/mol. The number of nitrogens with zero attached hydrogens (tertiary/aromatic N) is 2. The molecule has 0 amide bonds. The third kappa shape index (κ3) is 4.12. The Morgan fingerprint density at radius 1 is 1.21 bits per heavy atom. The van der Waals surface area contributed by atoms with E-state index in [9.17, 15) is 0 Å². The first-order chi connectivity index (χ1) is 9.15. The molecule has 0 aliphatic rings. The van der Waals surface area contributed by atoms with Crippen molar-refractivity contribution in [2.45, 2.75) is 33.7 Å². The van der Waals surface area contributed by atoms with Crippen molar-refractivity contribution in [3.05, 3.63) is 47.8 Å². The second-order valence-corrected chi connectivity index (χ2v) is 5.41. The highest BCUT2D eigenvalue weighted by Crippen LogP contribution is 2.13. The second-order valence-electron chi connectivity index (χ2n) is 5.41. The molecule has 0 aliphatic heterocycles. The monoisotopic (exact) mass is 257 g/mol. The summed E-state index contributed by atoms with van der Waals surface area (Å²) in [6, 6.07) is 10.5. The Labute approximate surface area is 115 Å². The number of rotatable bonds is 6. The molecule has 1 heterocycles. The first kappa shape index (κ1) is 13.7. The number of hydrogen-bond acceptors (Lipinski definition) is 2. The zero-order chi connectivity index (χ0) is 13.7. The summed E-state index contributed by atoms with van der Waals surface area (Å²) in [5, 5.41) is 8.00. The maximum atomic E-state index is 4.53. The van der Waals surface area contributed by atoms with Crippen molar-refractivity contribution in [2.24, 2.45) is 5.92 Å². The van der Waals surface area contributed by atoms with Crippen LogP contribution >= 0.6 is 0 Å². The van der Waals surface area contributed by atoms with Gasteiger partial charge in [0.1, 0.15) is 0 Å². The van der Waals surface area contributed by atoms with E-state index in [1.807, 2.05) is 4.68 Å². The van der Waals surface area contributed by atoms with Gasteiger partial charge in [0.25, 0.3) is 0 Å². The topological polar surface area (TPSA) is 29.9 Å². The van der Waals surface area contributed by atoms with Gasteiger partial charge < -0.3 is 5.32 Å². The van der Waals surface area contributed by atoms with Gasteiger partial charge in [0.05, 0.1) is 11.4 Å². The molecule has 0 bridgehead atoms. The number of benzene rings is 1. The van der Waals surface area contributed by atoms with E-state index in [4.69, 9.17) is 0 Å². The lowest BCUT2D eigenvalue weighted by atomic mass is 10.1. The summed E-state index contributed by atoms with van der Waals surface area (Å²) >= 11 is 0. The van der Waals surface area contributed by atoms with Crippen LogP contribution in [0.2, 0.25) is 0 Å². The molecule has 0 saturated carbocycles. The van der Waals surface area contributed by atoms with E-state index < -0.39 is 0 Å². The van der Waals surface area contributed by atoms with Gasteiger partial charge in [0.2, 0.25) is 0 Å². The quantitative estimate of drug-likeness (QED) is 0.858. The number of hydrogen-bond donors (Lipinski definition) is 1. The Kier molecular flexibility index (Phi) is 4.61. The van der Waals surface area contributed by atoms with E-state index in [1.54, 1.807) is 0 Å². The summed E-state index contributed by atoms with van der Waals surface area (Å²) in [5.41, 5.74) is 3.59. The van der Waals surface area contributed by atoms with Gasteiger partial charge in [0.15, 0.2) is 0 Å². The highest BCUT2D eigenvalue weighted by molar-refractivity contribution is 5.45. The van der Waals surface area contributed by atoms with Gasteiger partial charge >= 0.3 is 0 Å². The number of nitrogens with one attached hydrogen (secondary N) is 1. The van der Waals surface area contributed by atoms with Gasteiger partial charge in [-0.15, -0.1) is 0 Å². The van der Waals surface area contributed by atoms with Crippen molar-refractivity contribution in [3.63, 3.8) is 0 Å². The molecule has 1 N–H and O–H groups in total. The van der Waals surface area contributed by atoms with E-state index in [1.165, 1.54) is 5.56 Å². The maximum absolute atomic E-state index is 4.53. The van der Waals surface area contributed by atoms with Crippen LogP contribution in [0.3, 0.4) is 0 Å². The first-order valence-electron chi connectivity index (χ1n) is 6.97. The third-order valence-electron chi connectivity index (χ3n) is 3.07. The highest BCUT2D eigenvalue weighted by atomic mass is 15.3. The van der Waals surface area contributed by atoms with E-state index >= 15 is 0 Å². The summed E-state index contributed by atoms with van der Waals surface area (Å²) < 4.78 is 2.03. The fourth-order valence-corrected chi connectivity index (χ4v) is 2.15. The molecule has 102 valence electrons. The largest absolute Gasteiger partial charge is 0.382 e. The van der Waals surface area contributed by atoms with Crippen molar-refractivity contribution < 1.29 is 0 Å². The summed E-state index contributed by atoms with van der Waals surface area (Å²) in [6.07, 6.45) is 3.15. The van der Waals surface area contributed by atoms with Gasteiger partial charge in [-0.1, -0.05) is 44.2 Å². The normalized spacial score (nSPS) is 10.9. The average molecular weight is 257 g/mol. The molecule has 0 fully saturated rings. The summed E-state index contributed by atoms with van der Waals surface area (Å²) in [5.74, 6) is 0.622. The minimum absolute atomic E-state index is 0.622. The molecule has 1 aromatic heterocycles. The molecule has 0 atom stereocenters. The van der Waals surface area contributed by atoms with Crippen molar-refractivity contribution in [1.29, 1.82) is 0 Å². The molecule has 0 radical (unpaired) electrons. The lowest BCUT2D eigenvalue weighted by molar-refractivity contribution is 0.481. The van der Waals surface area contributed by atoms with Crippen molar-refractivity contribution in [2.75, 3.05) is 11.9 Å². The van der Waals surface area contributed by atoms with Crippen LogP contribution in [0.1, 0.15) is 25.1 Å². The zero-order valence-corrected chi connectivity index (χ0v) is 12.1. The molecular formula is C16H23N3. The molecule has 0 saturated heterocycles. The fraction of sp³-hybridized carbons (Fsp3) is 0.438. The first-order valence-corrected chi connectivity index (χ1v) is 6.97. The van der Waals surface area contributed by atoms with Crippen LogP contribution in [0.4, 0.5) is 5.69 Å². The number of aromatic nitrogens is 2. The molecule has 3 nitrogen and oxygen atoms in total. The maximum Gasteiger partial charge on any atom is 0.0825 e. The summed E-state index contributed by atoms with van der Waals surface area (Å²) in [7, 11) is 0. The highest BCUT2D eigenvalue weighted by Gasteiger charge is 2.05. The van der Waals surface area contributed by atoms with Crippen molar-refractivity contribution in [1.82, 2.24) is 9.78 Å². The predicted octanol–water partition coefficient (Wildman–Crippen LogP) is 3.50. The summed E-state index contributed by atoms with van der Waals surface area (Å²) in [6.45, 7) is 8.39. The van der Waals surface area contributed by atoms with E-state index in [-0.39, 0.29) is 0 Å². The van der Waals surface area contributed by atoms with Gasteiger partial charge in [0, 0.05) is 19.3 Å². The fourth-order valence-electron chi connectivity index (χ4n) is 2.15. The van der Waals surface area contributed by atoms with Gasteiger partial charge in [-0.25, -0.2) is 0 Å². The van der Waals surface area contributed by atoms with E-state index in [2.05, 4.69) is 67.7 Å². The minimum atomic E-state index is 0.622. The van der Waals surface area contributed by atoms with Gasteiger partial charge in [-0.05, 0) is 24.8 Å². The van der Waals surface area contributed by atoms with Crippen molar-refractivity contribution >= 4 is 5.69 Å². The molecule has 2 rings (SSSR count). The molecule has 19 heavy (non-hydrogen) atoms. The van der Waals surface area contributed by atoms with Crippen LogP contribution in [0.25, 0.3) is 0 Å². The Morgan fingerprint density at radius 2 is 1.95 bits per heavy atom. The summed E-state index contributed by atoms with van der Waals surface area (Å²) in [4.78, 5) is 0. The SMILES string of the molecule is Cc1nn(CC(C)C)cc1NCCc1ccccc1. The van der Waals surface area contributed by atoms with Crippen LogP contribution in [-0.2, 0) is 13.0 Å². The zero-order valence-electron chi connectivity index (χ0n) is 12.1. The lowest BCUT2D eigenvalue weighted by Gasteiger charge is -2.05. The Morgan fingerprint density at radius 3 is 2.63 bits per heavy atom. The lowest BCUT2D eigenvalue weighted by Crippen LogP contribution is -2.05. The Bertz CT molecular complexity index is 500. The molecule has 0 aliphatic carbocycles. The Hall–Kier alpha value is -1.77. The number of anilines is 1. The third-order valence-corrected chi connectivity index (χ3v) is 3.07. The number of aryl methyl sites for hydroxylation is 1. The van der Waals surface area contributed by atoms with E-state index in [0.29, 0.717) is 5.92 Å². The van der Waals surface area contributed by atoms with Crippen LogP contribution in [0.15, 0.2) is 36.5 Å². The van der Waals surface area contributed by atoms with Gasteiger partial charge in [-0.3, -0.25) is 4.68 Å². The van der Waals surface area contributed by atoms with Crippen LogP contribution in [0.5, 0.6) is 0 Å². The average Bonchev–Trinajstić information content (AvgIpc) is 2.70. The molecule has 1 aromatic carbocycles. The van der Waals surface area contributed by atoms with Gasteiger partial charge in [-0.2, -0.15) is 5.10 Å². The molecular weight excluding hydrogens is 234 g/mol. The standard InChI is InChI=1S/C16H23N3/c1-13(2)11-19-12-16(14(3)18-19)17-10-9-15-7-5-4-6-8-15/h4-8,12-13,17H,9-11H2,1-3H3. The van der Waals surface area contributed by atoms with E-state index in [0.717, 1.165) is 30.9 Å². The van der Waals surface area contributed by atoms with Crippen LogP contribution in [0, 0.1) is 12.8 Å². The minimum Gasteiger partial charge on any atom is -0.382 e. The molecule has 2 aromatic rings. The van der Waals surface area contributed by atoms with Crippen LogP contribution < -0.4 is 5.32 Å². The molecule has 0 spiro atoms.